The number of carbonyl (C=O) groups excluding carboxylic acids is 1. The molecule has 1 saturated heterocycles. The highest BCUT2D eigenvalue weighted by molar-refractivity contribution is 9.10. The number of nitrogens with one attached hydrogen (secondary N) is 1. The van der Waals surface area contributed by atoms with Gasteiger partial charge in [0, 0.05) is 40.9 Å². The smallest absolute Gasteiger partial charge is 0.253 e. The third-order valence-corrected chi connectivity index (χ3v) is 4.79. The maximum absolute atomic E-state index is 12.6. The molecule has 0 bridgehead atoms. The second-order valence-electron chi connectivity index (χ2n) is 5.95. The van der Waals surface area contributed by atoms with Crippen molar-refractivity contribution < 1.29 is 9.53 Å². The molecule has 5 heteroatoms. The van der Waals surface area contributed by atoms with Gasteiger partial charge in [0.25, 0.3) is 5.91 Å². The summed E-state index contributed by atoms with van der Waals surface area (Å²) in [5.74, 6) is 0.957. The summed E-state index contributed by atoms with van der Waals surface area (Å²) in [7, 11) is 1.67. The quantitative estimate of drug-likeness (QED) is 0.853. The highest BCUT2D eigenvalue weighted by Gasteiger charge is 2.23. The SMILES string of the molecule is COc1cccc(NC2CCN(C(=O)c3cccc(Br)c3)CC2)c1. The lowest BCUT2D eigenvalue weighted by molar-refractivity contribution is 0.0718. The van der Waals surface area contributed by atoms with Crippen LogP contribution in [0.2, 0.25) is 0 Å². The molecule has 126 valence electrons. The topological polar surface area (TPSA) is 41.6 Å². The number of hydrogen-bond acceptors (Lipinski definition) is 3. The maximum atomic E-state index is 12.6. The van der Waals surface area contributed by atoms with Crippen molar-refractivity contribution in [3.63, 3.8) is 0 Å². The zero-order valence-corrected chi connectivity index (χ0v) is 15.3. The van der Waals surface area contributed by atoms with Crippen molar-refractivity contribution in [1.29, 1.82) is 0 Å². The van der Waals surface area contributed by atoms with Gasteiger partial charge < -0.3 is 15.0 Å². The largest absolute Gasteiger partial charge is 0.497 e. The Morgan fingerprint density at radius 2 is 1.92 bits per heavy atom. The molecule has 1 heterocycles. The number of rotatable bonds is 4. The van der Waals surface area contributed by atoms with Gasteiger partial charge in [0.05, 0.1) is 7.11 Å². The Bertz CT molecular complexity index is 712. The first-order chi connectivity index (χ1) is 11.7. The molecule has 24 heavy (non-hydrogen) atoms. The lowest BCUT2D eigenvalue weighted by Crippen LogP contribution is -2.42. The van der Waals surface area contributed by atoms with Gasteiger partial charge in [0.15, 0.2) is 0 Å². The van der Waals surface area contributed by atoms with E-state index in [0.717, 1.165) is 47.4 Å². The molecule has 1 fully saturated rings. The average Bonchev–Trinajstić information content (AvgIpc) is 2.62. The van der Waals surface area contributed by atoms with Crippen molar-refractivity contribution in [2.75, 3.05) is 25.5 Å². The van der Waals surface area contributed by atoms with Gasteiger partial charge in [0.2, 0.25) is 0 Å². The van der Waals surface area contributed by atoms with Crippen LogP contribution in [0.5, 0.6) is 5.75 Å². The average molecular weight is 389 g/mol. The van der Waals surface area contributed by atoms with Crippen LogP contribution in [0.3, 0.4) is 0 Å². The second-order valence-corrected chi connectivity index (χ2v) is 6.87. The fraction of sp³-hybridized carbons (Fsp3) is 0.316. The number of piperidine rings is 1. The predicted octanol–water partition coefficient (Wildman–Crippen LogP) is 4.17. The molecule has 3 rings (SSSR count). The van der Waals surface area contributed by atoms with Crippen LogP contribution in [0.1, 0.15) is 23.2 Å². The van der Waals surface area contributed by atoms with E-state index in [2.05, 4.69) is 21.2 Å². The van der Waals surface area contributed by atoms with Crippen molar-refractivity contribution in [3.05, 3.63) is 58.6 Å². The Balaban J connectivity index is 1.56. The molecule has 1 aliphatic heterocycles. The number of amides is 1. The van der Waals surface area contributed by atoms with Crippen molar-refractivity contribution in [2.24, 2.45) is 0 Å². The van der Waals surface area contributed by atoms with Gasteiger partial charge >= 0.3 is 0 Å². The van der Waals surface area contributed by atoms with Crippen LogP contribution in [0.15, 0.2) is 53.0 Å². The summed E-state index contributed by atoms with van der Waals surface area (Å²) < 4.78 is 6.19. The Hall–Kier alpha value is -2.01. The van der Waals surface area contributed by atoms with E-state index in [1.165, 1.54) is 0 Å². The summed E-state index contributed by atoms with van der Waals surface area (Å²) in [5.41, 5.74) is 1.80. The van der Waals surface area contributed by atoms with Crippen LogP contribution in [0.4, 0.5) is 5.69 Å². The summed E-state index contributed by atoms with van der Waals surface area (Å²) in [5, 5.41) is 3.54. The first-order valence-electron chi connectivity index (χ1n) is 8.11. The monoisotopic (exact) mass is 388 g/mol. The minimum absolute atomic E-state index is 0.108. The standard InChI is InChI=1S/C19H21BrN2O2/c1-24-18-7-3-6-17(13-18)21-16-8-10-22(11-9-16)19(23)14-4-2-5-15(20)12-14/h2-7,12-13,16,21H,8-11H2,1H3. The van der Waals surface area contributed by atoms with E-state index in [9.17, 15) is 4.79 Å². The van der Waals surface area contributed by atoms with E-state index in [-0.39, 0.29) is 5.91 Å². The van der Waals surface area contributed by atoms with Gasteiger partial charge in [-0.25, -0.2) is 0 Å². The van der Waals surface area contributed by atoms with Crippen LogP contribution in [0, 0.1) is 0 Å². The zero-order valence-electron chi connectivity index (χ0n) is 13.7. The molecular weight excluding hydrogens is 368 g/mol. The van der Waals surface area contributed by atoms with Crippen molar-refractivity contribution >= 4 is 27.5 Å². The third-order valence-electron chi connectivity index (χ3n) is 4.29. The highest BCUT2D eigenvalue weighted by atomic mass is 79.9. The van der Waals surface area contributed by atoms with E-state index >= 15 is 0 Å². The number of methoxy groups -OCH3 is 1. The van der Waals surface area contributed by atoms with E-state index in [1.807, 2.05) is 53.4 Å². The molecule has 0 unspecified atom stereocenters. The molecule has 1 aliphatic rings. The molecule has 0 spiro atoms. The minimum Gasteiger partial charge on any atom is -0.497 e. The molecule has 0 aliphatic carbocycles. The van der Waals surface area contributed by atoms with Crippen LogP contribution >= 0.6 is 15.9 Å². The molecule has 0 atom stereocenters. The highest BCUT2D eigenvalue weighted by Crippen LogP contribution is 2.22. The van der Waals surface area contributed by atoms with E-state index < -0.39 is 0 Å². The zero-order chi connectivity index (χ0) is 16.9. The number of ether oxygens (including phenoxy) is 1. The molecule has 4 nitrogen and oxygen atoms in total. The molecule has 1 N–H and O–H groups in total. The summed E-state index contributed by atoms with van der Waals surface area (Å²) >= 11 is 3.42. The normalized spacial score (nSPS) is 15.2. The van der Waals surface area contributed by atoms with Crippen LogP contribution in [-0.2, 0) is 0 Å². The Labute approximate surface area is 150 Å². The van der Waals surface area contributed by atoms with Gasteiger partial charge in [-0.15, -0.1) is 0 Å². The van der Waals surface area contributed by atoms with Gasteiger partial charge in [-0.1, -0.05) is 28.1 Å². The Morgan fingerprint density at radius 1 is 1.17 bits per heavy atom. The van der Waals surface area contributed by atoms with Gasteiger partial charge in [-0.05, 0) is 43.2 Å². The van der Waals surface area contributed by atoms with Crippen LogP contribution < -0.4 is 10.1 Å². The summed E-state index contributed by atoms with van der Waals surface area (Å²) in [6.45, 7) is 1.54. The third kappa shape index (κ3) is 4.09. The summed E-state index contributed by atoms with van der Waals surface area (Å²) in [6.07, 6.45) is 1.88. The fourth-order valence-corrected chi connectivity index (χ4v) is 3.38. The Morgan fingerprint density at radius 3 is 2.62 bits per heavy atom. The molecule has 0 aromatic heterocycles. The minimum atomic E-state index is 0.108. The number of halogens is 1. The number of hydrogen-bond donors (Lipinski definition) is 1. The summed E-state index contributed by atoms with van der Waals surface area (Å²) in [6, 6.07) is 15.9. The lowest BCUT2D eigenvalue weighted by atomic mass is 10.0. The molecular formula is C19H21BrN2O2. The van der Waals surface area contributed by atoms with Crippen molar-refractivity contribution in [1.82, 2.24) is 4.90 Å². The van der Waals surface area contributed by atoms with E-state index in [0.29, 0.717) is 6.04 Å². The first-order valence-corrected chi connectivity index (χ1v) is 8.90. The van der Waals surface area contributed by atoms with Gasteiger partial charge in [-0.3, -0.25) is 4.79 Å². The molecule has 1 amide bonds. The van der Waals surface area contributed by atoms with Gasteiger partial charge in [0.1, 0.15) is 5.75 Å². The van der Waals surface area contributed by atoms with Crippen LogP contribution in [-0.4, -0.2) is 37.0 Å². The molecule has 2 aromatic carbocycles. The Kier molecular flexibility index (Phi) is 5.41. The summed E-state index contributed by atoms with van der Waals surface area (Å²) in [4.78, 5) is 14.5. The molecule has 2 aromatic rings. The molecule has 0 saturated carbocycles. The predicted molar refractivity (Wildman–Crippen MR) is 99.7 cm³/mol. The van der Waals surface area contributed by atoms with Gasteiger partial charge in [-0.2, -0.15) is 0 Å². The lowest BCUT2D eigenvalue weighted by Gasteiger charge is -2.33. The number of benzene rings is 2. The number of nitrogens with zero attached hydrogens (tertiary/aromatic N) is 1. The number of likely N-dealkylation sites (tertiary alicyclic amines) is 1. The molecule has 0 radical (unpaired) electrons. The number of anilines is 1. The van der Waals surface area contributed by atoms with Crippen molar-refractivity contribution in [3.8, 4) is 5.75 Å². The number of carbonyl (C=O) groups is 1. The fourth-order valence-electron chi connectivity index (χ4n) is 2.98. The second kappa shape index (κ2) is 7.71. The van der Waals surface area contributed by atoms with E-state index in [4.69, 9.17) is 4.74 Å². The first kappa shape index (κ1) is 16.8. The maximum Gasteiger partial charge on any atom is 0.253 e. The van der Waals surface area contributed by atoms with Crippen LogP contribution in [0.25, 0.3) is 0 Å². The van der Waals surface area contributed by atoms with Crippen molar-refractivity contribution in [2.45, 2.75) is 18.9 Å². The van der Waals surface area contributed by atoms with E-state index in [1.54, 1.807) is 7.11 Å².